The van der Waals surface area contributed by atoms with Crippen LogP contribution in [0, 0.1) is 11.6 Å². The van der Waals surface area contributed by atoms with Crippen LogP contribution in [-0.4, -0.2) is 9.97 Å². The van der Waals surface area contributed by atoms with Gasteiger partial charge in [0.1, 0.15) is 17.5 Å². The third kappa shape index (κ3) is 1.30. The van der Waals surface area contributed by atoms with Gasteiger partial charge in [0.15, 0.2) is 0 Å². The van der Waals surface area contributed by atoms with E-state index in [-0.39, 0.29) is 11.4 Å². The minimum absolute atomic E-state index is 0.118. The Kier molecular flexibility index (Phi) is 1.81. The summed E-state index contributed by atoms with van der Waals surface area (Å²) in [5.41, 5.74) is -0.118. The molecule has 2 nitrogen and oxygen atoms in total. The molecule has 0 fully saturated rings. The standard InChI is InChI=1S/C9H6F2N2/c10-6-2-1-3-7(11)8(6)9-12-4-5-13-9/h1-5H,(H,12,13). The fourth-order valence-corrected chi connectivity index (χ4v) is 1.13. The van der Waals surface area contributed by atoms with Crippen LogP contribution in [0.1, 0.15) is 0 Å². The smallest absolute Gasteiger partial charge is 0.143 e. The van der Waals surface area contributed by atoms with Crippen molar-refractivity contribution in [2.45, 2.75) is 0 Å². The number of aromatic nitrogens is 2. The van der Waals surface area contributed by atoms with Crippen molar-refractivity contribution < 1.29 is 8.78 Å². The van der Waals surface area contributed by atoms with Crippen molar-refractivity contribution in [1.82, 2.24) is 9.97 Å². The Morgan fingerprint density at radius 1 is 1.15 bits per heavy atom. The van der Waals surface area contributed by atoms with Crippen molar-refractivity contribution in [3.8, 4) is 11.4 Å². The SMILES string of the molecule is Fc1cccc(F)c1-c1ncc[nH]1. The molecule has 1 aromatic carbocycles. The summed E-state index contributed by atoms with van der Waals surface area (Å²) in [4.78, 5) is 6.42. The number of aromatic amines is 1. The first-order chi connectivity index (χ1) is 6.29. The molecule has 13 heavy (non-hydrogen) atoms. The van der Waals surface area contributed by atoms with Gasteiger partial charge in [-0.25, -0.2) is 13.8 Å². The Morgan fingerprint density at radius 2 is 1.85 bits per heavy atom. The van der Waals surface area contributed by atoms with Crippen molar-refractivity contribution in [2.75, 3.05) is 0 Å². The number of nitrogens with zero attached hydrogens (tertiary/aromatic N) is 1. The Balaban J connectivity index is 2.64. The van der Waals surface area contributed by atoms with Crippen LogP contribution >= 0.6 is 0 Å². The largest absolute Gasteiger partial charge is 0.344 e. The van der Waals surface area contributed by atoms with Gasteiger partial charge in [0, 0.05) is 12.4 Å². The first-order valence-electron chi connectivity index (χ1n) is 3.73. The number of benzene rings is 1. The van der Waals surface area contributed by atoms with Gasteiger partial charge in [0.25, 0.3) is 0 Å². The molecule has 1 N–H and O–H groups in total. The van der Waals surface area contributed by atoms with E-state index in [4.69, 9.17) is 0 Å². The molecule has 1 heterocycles. The van der Waals surface area contributed by atoms with E-state index < -0.39 is 11.6 Å². The topological polar surface area (TPSA) is 28.7 Å². The molecule has 0 unspecified atom stereocenters. The minimum atomic E-state index is -0.616. The number of imidazole rings is 1. The van der Waals surface area contributed by atoms with E-state index in [2.05, 4.69) is 9.97 Å². The van der Waals surface area contributed by atoms with Gasteiger partial charge in [-0.15, -0.1) is 0 Å². The number of H-pyrrole nitrogens is 1. The first-order valence-corrected chi connectivity index (χ1v) is 3.73. The molecule has 0 spiro atoms. The second-order valence-electron chi connectivity index (χ2n) is 2.53. The van der Waals surface area contributed by atoms with Gasteiger partial charge in [-0.05, 0) is 12.1 Å². The van der Waals surface area contributed by atoms with Crippen molar-refractivity contribution in [3.63, 3.8) is 0 Å². The van der Waals surface area contributed by atoms with Crippen molar-refractivity contribution in [2.24, 2.45) is 0 Å². The zero-order chi connectivity index (χ0) is 9.26. The highest BCUT2D eigenvalue weighted by Crippen LogP contribution is 2.21. The van der Waals surface area contributed by atoms with Gasteiger partial charge in [0.05, 0.1) is 5.56 Å². The van der Waals surface area contributed by atoms with Crippen LogP contribution in [0.25, 0.3) is 11.4 Å². The third-order valence-corrected chi connectivity index (χ3v) is 1.70. The van der Waals surface area contributed by atoms with Crippen LogP contribution < -0.4 is 0 Å². The van der Waals surface area contributed by atoms with E-state index in [0.717, 1.165) is 0 Å². The molecule has 0 aliphatic heterocycles. The fraction of sp³-hybridized carbons (Fsp3) is 0. The highest BCUT2D eigenvalue weighted by molar-refractivity contribution is 5.56. The van der Waals surface area contributed by atoms with Crippen molar-refractivity contribution in [1.29, 1.82) is 0 Å². The number of rotatable bonds is 1. The zero-order valence-corrected chi connectivity index (χ0v) is 6.59. The predicted molar refractivity (Wildman–Crippen MR) is 43.9 cm³/mol. The number of hydrogen-bond donors (Lipinski definition) is 1. The Labute approximate surface area is 73.2 Å². The Morgan fingerprint density at radius 3 is 2.38 bits per heavy atom. The van der Waals surface area contributed by atoms with Crippen LogP contribution in [0.2, 0.25) is 0 Å². The Bertz CT molecular complexity index is 389. The summed E-state index contributed by atoms with van der Waals surface area (Å²) < 4.78 is 26.2. The van der Waals surface area contributed by atoms with Crippen LogP contribution in [-0.2, 0) is 0 Å². The van der Waals surface area contributed by atoms with Gasteiger partial charge in [0.2, 0.25) is 0 Å². The molecule has 0 saturated carbocycles. The molecular formula is C9H6F2N2. The lowest BCUT2D eigenvalue weighted by atomic mass is 10.2. The van der Waals surface area contributed by atoms with Crippen molar-refractivity contribution >= 4 is 0 Å². The summed E-state index contributed by atoms with van der Waals surface area (Å²) in [6.07, 6.45) is 2.96. The van der Waals surface area contributed by atoms with Crippen LogP contribution in [0.3, 0.4) is 0 Å². The molecule has 0 amide bonds. The predicted octanol–water partition coefficient (Wildman–Crippen LogP) is 2.35. The quantitative estimate of drug-likeness (QED) is 0.716. The van der Waals surface area contributed by atoms with Gasteiger partial charge in [-0.3, -0.25) is 0 Å². The van der Waals surface area contributed by atoms with Gasteiger partial charge in [-0.2, -0.15) is 0 Å². The van der Waals surface area contributed by atoms with Gasteiger partial charge in [-0.1, -0.05) is 6.07 Å². The average molecular weight is 180 g/mol. The zero-order valence-electron chi connectivity index (χ0n) is 6.59. The summed E-state index contributed by atoms with van der Waals surface area (Å²) in [7, 11) is 0. The molecular weight excluding hydrogens is 174 g/mol. The maximum atomic E-state index is 13.1. The molecule has 0 aliphatic rings. The molecule has 66 valence electrons. The molecule has 4 heteroatoms. The molecule has 0 aliphatic carbocycles. The van der Waals surface area contributed by atoms with E-state index in [0.29, 0.717) is 0 Å². The Hall–Kier alpha value is -1.71. The second-order valence-corrected chi connectivity index (χ2v) is 2.53. The summed E-state index contributed by atoms with van der Waals surface area (Å²) in [6.45, 7) is 0. The van der Waals surface area contributed by atoms with Crippen LogP contribution in [0.5, 0.6) is 0 Å². The lowest BCUT2D eigenvalue weighted by molar-refractivity contribution is 0.588. The van der Waals surface area contributed by atoms with Crippen LogP contribution in [0.4, 0.5) is 8.78 Å². The highest BCUT2D eigenvalue weighted by atomic mass is 19.1. The summed E-state index contributed by atoms with van der Waals surface area (Å²) >= 11 is 0. The summed E-state index contributed by atoms with van der Waals surface area (Å²) in [5, 5.41) is 0. The number of halogens is 2. The van der Waals surface area contributed by atoms with E-state index >= 15 is 0 Å². The molecule has 1 aromatic heterocycles. The second kappa shape index (κ2) is 2.97. The normalized spacial score (nSPS) is 10.3. The lowest BCUT2D eigenvalue weighted by Crippen LogP contribution is -1.90. The third-order valence-electron chi connectivity index (χ3n) is 1.70. The van der Waals surface area contributed by atoms with E-state index in [1.54, 1.807) is 0 Å². The van der Waals surface area contributed by atoms with Crippen LogP contribution in [0.15, 0.2) is 30.6 Å². The first kappa shape index (κ1) is 7.91. The maximum absolute atomic E-state index is 13.1. The van der Waals surface area contributed by atoms with E-state index in [9.17, 15) is 8.78 Å². The van der Waals surface area contributed by atoms with Gasteiger partial charge >= 0.3 is 0 Å². The minimum Gasteiger partial charge on any atom is -0.344 e. The van der Waals surface area contributed by atoms with Gasteiger partial charge < -0.3 is 4.98 Å². The molecule has 0 bridgehead atoms. The summed E-state index contributed by atoms with van der Waals surface area (Å²) in [6, 6.07) is 3.71. The highest BCUT2D eigenvalue weighted by Gasteiger charge is 2.11. The van der Waals surface area contributed by atoms with Crippen molar-refractivity contribution in [3.05, 3.63) is 42.2 Å². The molecule has 0 atom stereocenters. The number of nitrogens with one attached hydrogen (secondary N) is 1. The average Bonchev–Trinajstić information content (AvgIpc) is 2.57. The fourth-order valence-electron chi connectivity index (χ4n) is 1.13. The molecule has 0 radical (unpaired) electrons. The lowest BCUT2D eigenvalue weighted by Gasteiger charge is -1.99. The molecule has 2 rings (SSSR count). The number of hydrogen-bond acceptors (Lipinski definition) is 1. The molecule has 2 aromatic rings. The summed E-state index contributed by atoms with van der Waals surface area (Å²) in [5.74, 6) is -1.03. The maximum Gasteiger partial charge on any atom is 0.143 e. The monoisotopic (exact) mass is 180 g/mol. The van der Waals surface area contributed by atoms with E-state index in [1.807, 2.05) is 0 Å². The van der Waals surface area contributed by atoms with E-state index in [1.165, 1.54) is 30.6 Å². The molecule has 0 saturated heterocycles.